The van der Waals surface area contributed by atoms with Gasteiger partial charge in [0.2, 0.25) is 0 Å². The molecular formula is C17H24O2. The molecule has 2 heteroatoms. The summed E-state index contributed by atoms with van der Waals surface area (Å²) < 4.78 is 4.99. The molecule has 0 N–H and O–H groups in total. The van der Waals surface area contributed by atoms with Crippen molar-refractivity contribution in [2.45, 2.75) is 52.1 Å². The lowest BCUT2D eigenvalue weighted by Gasteiger charge is -2.05. The average Bonchev–Trinajstić information content (AvgIpc) is 2.45. The summed E-state index contributed by atoms with van der Waals surface area (Å²) in [5.74, 6) is -0.375. The molecule has 1 aromatic carbocycles. The molecule has 0 unspecified atom stereocenters. The highest BCUT2D eigenvalue weighted by molar-refractivity contribution is 5.81. The average molecular weight is 260 g/mol. The minimum absolute atomic E-state index is 0.321. The summed E-state index contributed by atoms with van der Waals surface area (Å²) >= 11 is 0. The lowest BCUT2D eigenvalue weighted by atomic mass is 10.0. The smallest absolute Gasteiger partial charge is 0.330 e. The van der Waals surface area contributed by atoms with E-state index in [9.17, 15) is 4.79 Å². The second-order valence-electron chi connectivity index (χ2n) is 4.79. The van der Waals surface area contributed by atoms with Crippen molar-refractivity contribution in [3.63, 3.8) is 0 Å². The van der Waals surface area contributed by atoms with Crippen LogP contribution in [0.25, 0.3) is 0 Å². The van der Waals surface area contributed by atoms with Crippen LogP contribution in [-0.2, 0) is 22.6 Å². The third-order valence-corrected chi connectivity index (χ3v) is 3.14. The third-order valence-electron chi connectivity index (χ3n) is 3.14. The number of carbonyl (C=O) groups is 1. The van der Waals surface area contributed by atoms with Gasteiger partial charge in [-0.25, -0.2) is 4.79 Å². The highest BCUT2D eigenvalue weighted by Crippen LogP contribution is 2.11. The Morgan fingerprint density at radius 3 is 2.37 bits per heavy atom. The maximum Gasteiger partial charge on any atom is 0.330 e. The van der Waals surface area contributed by atoms with Crippen LogP contribution < -0.4 is 0 Å². The van der Waals surface area contributed by atoms with Crippen LogP contribution in [-0.4, -0.2) is 5.97 Å². The van der Waals surface area contributed by atoms with E-state index in [-0.39, 0.29) is 5.97 Å². The van der Waals surface area contributed by atoms with E-state index >= 15 is 0 Å². The minimum Gasteiger partial charge on any atom is -0.458 e. The van der Waals surface area contributed by atoms with Crippen LogP contribution in [0.5, 0.6) is 0 Å². The SMILES string of the molecule is C=CC(=O)OCc1ccc(CCCCCCC)cc1. The highest BCUT2D eigenvalue weighted by atomic mass is 16.5. The summed E-state index contributed by atoms with van der Waals surface area (Å²) in [6.07, 6.45) is 8.86. The van der Waals surface area contributed by atoms with Crippen LogP contribution in [0.2, 0.25) is 0 Å². The summed E-state index contributed by atoms with van der Waals surface area (Å²) in [4.78, 5) is 10.9. The van der Waals surface area contributed by atoms with Crippen molar-refractivity contribution < 1.29 is 9.53 Å². The molecule has 0 bridgehead atoms. The van der Waals surface area contributed by atoms with Gasteiger partial charge in [0.05, 0.1) is 0 Å². The first-order valence-corrected chi connectivity index (χ1v) is 7.13. The van der Waals surface area contributed by atoms with Crippen molar-refractivity contribution in [1.82, 2.24) is 0 Å². The fourth-order valence-corrected chi connectivity index (χ4v) is 1.95. The van der Waals surface area contributed by atoms with Gasteiger partial charge in [0.1, 0.15) is 6.61 Å². The Morgan fingerprint density at radius 2 is 1.74 bits per heavy atom. The van der Waals surface area contributed by atoms with Crippen molar-refractivity contribution in [3.05, 3.63) is 48.0 Å². The van der Waals surface area contributed by atoms with Crippen molar-refractivity contribution >= 4 is 5.97 Å². The van der Waals surface area contributed by atoms with Crippen LogP contribution in [0.15, 0.2) is 36.9 Å². The Balaban J connectivity index is 2.27. The molecular weight excluding hydrogens is 236 g/mol. The summed E-state index contributed by atoms with van der Waals surface area (Å²) in [6, 6.07) is 8.29. The zero-order chi connectivity index (χ0) is 13.9. The van der Waals surface area contributed by atoms with Gasteiger partial charge in [0.15, 0.2) is 0 Å². The zero-order valence-corrected chi connectivity index (χ0v) is 11.9. The second-order valence-corrected chi connectivity index (χ2v) is 4.79. The molecule has 0 aromatic heterocycles. The Kier molecular flexibility index (Phi) is 7.64. The van der Waals surface area contributed by atoms with Gasteiger partial charge in [-0.3, -0.25) is 0 Å². The van der Waals surface area contributed by atoms with Gasteiger partial charge in [-0.15, -0.1) is 0 Å². The van der Waals surface area contributed by atoms with E-state index < -0.39 is 0 Å². The van der Waals surface area contributed by atoms with Gasteiger partial charge in [0, 0.05) is 6.08 Å². The van der Waals surface area contributed by atoms with Crippen molar-refractivity contribution in [3.8, 4) is 0 Å². The first-order chi connectivity index (χ1) is 9.26. The first kappa shape index (κ1) is 15.5. The number of unbranched alkanes of at least 4 members (excludes halogenated alkanes) is 4. The number of rotatable bonds is 9. The lowest BCUT2D eigenvalue weighted by Crippen LogP contribution is -2.00. The molecule has 0 aliphatic heterocycles. The van der Waals surface area contributed by atoms with E-state index in [2.05, 4.69) is 25.6 Å². The summed E-state index contributed by atoms with van der Waals surface area (Å²) in [6.45, 7) is 5.92. The third kappa shape index (κ3) is 6.80. The molecule has 19 heavy (non-hydrogen) atoms. The van der Waals surface area contributed by atoms with Crippen molar-refractivity contribution in [2.75, 3.05) is 0 Å². The van der Waals surface area contributed by atoms with Crippen molar-refractivity contribution in [1.29, 1.82) is 0 Å². The quantitative estimate of drug-likeness (QED) is 0.373. The van der Waals surface area contributed by atoms with Crippen molar-refractivity contribution in [2.24, 2.45) is 0 Å². The number of hydrogen-bond donors (Lipinski definition) is 0. The predicted octanol–water partition coefficient (Wildman–Crippen LogP) is 4.43. The normalized spacial score (nSPS) is 10.2. The van der Waals surface area contributed by atoms with Crippen LogP contribution >= 0.6 is 0 Å². The van der Waals surface area contributed by atoms with E-state index in [0.717, 1.165) is 12.0 Å². The molecule has 1 rings (SSSR count). The van der Waals surface area contributed by atoms with Gasteiger partial charge in [-0.05, 0) is 24.0 Å². The highest BCUT2D eigenvalue weighted by Gasteiger charge is 1.99. The fourth-order valence-electron chi connectivity index (χ4n) is 1.95. The maximum absolute atomic E-state index is 10.9. The molecule has 1 aromatic rings. The molecule has 0 spiro atoms. The Morgan fingerprint density at radius 1 is 1.11 bits per heavy atom. The largest absolute Gasteiger partial charge is 0.458 e. The van der Waals surface area contributed by atoms with Gasteiger partial charge >= 0.3 is 5.97 Å². The van der Waals surface area contributed by atoms with Gasteiger partial charge in [0.25, 0.3) is 0 Å². The molecule has 0 aliphatic rings. The maximum atomic E-state index is 10.9. The summed E-state index contributed by atoms with van der Waals surface area (Å²) in [5.41, 5.74) is 2.38. The van der Waals surface area contributed by atoms with Crippen LogP contribution in [0, 0.1) is 0 Å². The standard InChI is InChI=1S/C17H24O2/c1-3-5-6-7-8-9-15-10-12-16(13-11-15)14-19-17(18)4-2/h4,10-13H,2-3,5-9,14H2,1H3. The number of ether oxygens (including phenoxy) is 1. The minimum atomic E-state index is -0.375. The number of esters is 1. The van der Waals surface area contributed by atoms with Crippen LogP contribution in [0.1, 0.15) is 50.2 Å². The summed E-state index contributed by atoms with van der Waals surface area (Å²) in [7, 11) is 0. The first-order valence-electron chi connectivity index (χ1n) is 7.13. The molecule has 0 heterocycles. The lowest BCUT2D eigenvalue weighted by molar-refractivity contribution is -0.138. The molecule has 104 valence electrons. The number of hydrogen-bond acceptors (Lipinski definition) is 2. The molecule has 0 radical (unpaired) electrons. The molecule has 0 fully saturated rings. The monoisotopic (exact) mass is 260 g/mol. The number of aryl methyl sites for hydroxylation is 1. The van der Waals surface area contributed by atoms with E-state index in [1.165, 1.54) is 43.7 Å². The zero-order valence-electron chi connectivity index (χ0n) is 11.9. The van der Waals surface area contributed by atoms with Gasteiger partial charge in [-0.1, -0.05) is 63.5 Å². The fraction of sp³-hybridized carbons (Fsp3) is 0.471. The van der Waals surface area contributed by atoms with E-state index in [1.807, 2.05) is 12.1 Å². The van der Waals surface area contributed by atoms with E-state index in [1.54, 1.807) is 0 Å². The Bertz CT molecular complexity index is 379. The van der Waals surface area contributed by atoms with Gasteiger partial charge < -0.3 is 4.74 Å². The van der Waals surface area contributed by atoms with Gasteiger partial charge in [-0.2, -0.15) is 0 Å². The topological polar surface area (TPSA) is 26.3 Å². The molecule has 0 saturated heterocycles. The second kappa shape index (κ2) is 9.37. The van der Waals surface area contributed by atoms with E-state index in [4.69, 9.17) is 4.74 Å². The molecule has 0 amide bonds. The molecule has 0 saturated carbocycles. The number of carbonyl (C=O) groups excluding carboxylic acids is 1. The molecule has 0 atom stereocenters. The Hall–Kier alpha value is -1.57. The van der Waals surface area contributed by atoms with E-state index in [0.29, 0.717) is 6.61 Å². The Labute approximate surface area is 116 Å². The molecule has 2 nitrogen and oxygen atoms in total. The summed E-state index contributed by atoms with van der Waals surface area (Å²) in [5, 5.41) is 0. The predicted molar refractivity (Wildman–Crippen MR) is 78.9 cm³/mol. The van der Waals surface area contributed by atoms with Crippen LogP contribution in [0.3, 0.4) is 0 Å². The number of benzene rings is 1. The van der Waals surface area contributed by atoms with Crippen LogP contribution in [0.4, 0.5) is 0 Å². The molecule has 0 aliphatic carbocycles.